The van der Waals surface area contributed by atoms with Gasteiger partial charge >= 0.3 is 0 Å². The van der Waals surface area contributed by atoms with E-state index in [1.54, 1.807) is 12.1 Å². The van der Waals surface area contributed by atoms with Crippen molar-refractivity contribution < 1.29 is 19.1 Å². The molecule has 0 saturated carbocycles. The Labute approximate surface area is 137 Å². The van der Waals surface area contributed by atoms with E-state index in [0.717, 1.165) is 0 Å². The Morgan fingerprint density at radius 3 is 2.42 bits per heavy atom. The van der Waals surface area contributed by atoms with Crippen molar-refractivity contribution in [3.63, 3.8) is 0 Å². The third-order valence-corrected chi connectivity index (χ3v) is 3.89. The topological polar surface area (TPSA) is 89.9 Å². The van der Waals surface area contributed by atoms with E-state index in [4.69, 9.17) is 4.74 Å². The van der Waals surface area contributed by atoms with Crippen molar-refractivity contribution in [2.24, 2.45) is 11.1 Å². The van der Waals surface area contributed by atoms with Gasteiger partial charge in [0.25, 0.3) is 0 Å². The highest BCUT2D eigenvalue weighted by Gasteiger charge is 2.45. The molecular weight excluding hydrogens is 310 g/mol. The van der Waals surface area contributed by atoms with Gasteiger partial charge in [-0.05, 0) is 42.4 Å². The molecule has 2 aromatic carbocycles. The maximum atomic E-state index is 12.6. The molecule has 0 fully saturated rings. The predicted octanol–water partition coefficient (Wildman–Crippen LogP) is 3.36. The average Bonchev–Trinajstić information content (AvgIpc) is 2.86. The molecule has 0 amide bonds. The lowest BCUT2D eigenvalue weighted by Gasteiger charge is -2.07. The quantitative estimate of drug-likeness (QED) is 0.478. The lowest BCUT2D eigenvalue weighted by molar-refractivity contribution is 0.0756. The van der Waals surface area contributed by atoms with Crippen LogP contribution in [0.2, 0.25) is 0 Å². The number of hydrogen-bond acceptors (Lipinski definition) is 6. The average molecular weight is 323 g/mol. The van der Waals surface area contributed by atoms with E-state index >= 15 is 0 Å². The summed E-state index contributed by atoms with van der Waals surface area (Å²) in [5.74, 6) is -2.74. The molecule has 1 aliphatic carbocycles. The van der Waals surface area contributed by atoms with Gasteiger partial charge in [0.1, 0.15) is 17.4 Å². The zero-order valence-electron chi connectivity index (χ0n) is 12.8. The minimum Gasteiger partial charge on any atom is -0.494 e. The number of rotatable bonds is 5. The Morgan fingerprint density at radius 1 is 1.08 bits per heavy atom. The zero-order valence-corrected chi connectivity index (χ0v) is 12.8. The smallest absolute Gasteiger partial charge is 0.184 e. The van der Waals surface area contributed by atoms with Gasteiger partial charge in [0.05, 0.1) is 12.2 Å². The highest BCUT2D eigenvalue weighted by Crippen LogP contribution is 2.35. The first kappa shape index (κ1) is 15.7. The van der Waals surface area contributed by atoms with Crippen LogP contribution in [0.25, 0.3) is 0 Å². The van der Waals surface area contributed by atoms with Crippen molar-refractivity contribution in [3.05, 3.63) is 64.1 Å². The monoisotopic (exact) mass is 323 g/mol. The molecule has 1 unspecified atom stereocenters. The second kappa shape index (κ2) is 6.16. The van der Waals surface area contributed by atoms with Gasteiger partial charge < -0.3 is 4.74 Å². The van der Waals surface area contributed by atoms with Crippen LogP contribution in [0.3, 0.4) is 0 Å². The van der Waals surface area contributed by atoms with Crippen LogP contribution in [0.1, 0.15) is 38.0 Å². The Morgan fingerprint density at radius 2 is 1.79 bits per heavy atom. The third kappa shape index (κ3) is 2.42. The maximum Gasteiger partial charge on any atom is 0.184 e. The largest absolute Gasteiger partial charge is 0.494 e. The second-order valence-electron chi connectivity index (χ2n) is 5.27. The summed E-state index contributed by atoms with van der Waals surface area (Å²) in [7, 11) is 0. The Hall–Kier alpha value is -3.15. The van der Waals surface area contributed by atoms with Gasteiger partial charge in [0.15, 0.2) is 17.3 Å². The number of hydrogen-bond donors (Lipinski definition) is 0. The first-order chi connectivity index (χ1) is 11.6. The van der Waals surface area contributed by atoms with E-state index in [-0.39, 0.29) is 22.4 Å². The van der Waals surface area contributed by atoms with Crippen LogP contribution in [0.15, 0.2) is 47.6 Å². The number of benzene rings is 2. The van der Waals surface area contributed by atoms with E-state index in [2.05, 4.69) is 5.18 Å². The fraction of sp³-hybridized carbons (Fsp3) is 0.167. The number of nitrogens with zero attached hydrogens (tertiary/aromatic N) is 1. The molecule has 24 heavy (non-hydrogen) atoms. The highest BCUT2D eigenvalue weighted by molar-refractivity contribution is 6.38. The van der Waals surface area contributed by atoms with Gasteiger partial charge in [-0.15, -0.1) is 4.91 Å². The number of fused-ring (bicyclic) bond motifs is 1. The molecule has 1 aliphatic rings. The van der Waals surface area contributed by atoms with Crippen molar-refractivity contribution in [3.8, 4) is 5.75 Å². The summed E-state index contributed by atoms with van der Waals surface area (Å²) < 4.78 is 5.30. The normalized spacial score (nSPS) is 16.0. The van der Waals surface area contributed by atoms with Crippen molar-refractivity contribution in [2.45, 2.75) is 6.92 Å². The van der Waals surface area contributed by atoms with Crippen LogP contribution in [-0.4, -0.2) is 24.0 Å². The summed E-state index contributed by atoms with van der Waals surface area (Å²) in [5.41, 5.74) is 0.120. The highest BCUT2D eigenvalue weighted by atomic mass is 16.5. The maximum absolute atomic E-state index is 12.6. The summed E-state index contributed by atoms with van der Waals surface area (Å²) >= 11 is 0. The van der Waals surface area contributed by atoms with Crippen molar-refractivity contribution in [1.82, 2.24) is 0 Å². The Bertz CT molecular complexity index is 854. The number of carbonyl (C=O) groups is 3. The van der Waals surface area contributed by atoms with Crippen LogP contribution in [0, 0.1) is 10.8 Å². The van der Waals surface area contributed by atoms with Gasteiger partial charge in [-0.25, -0.2) is 0 Å². The van der Waals surface area contributed by atoms with Gasteiger partial charge in [0, 0.05) is 11.1 Å². The molecule has 0 spiro atoms. The van der Waals surface area contributed by atoms with Crippen molar-refractivity contribution >= 4 is 23.0 Å². The lowest BCUT2D eigenvalue weighted by Crippen LogP contribution is -2.25. The number of Topliss-reactive ketones (excluding diaryl/α,β-unsaturated/α-hetero) is 3. The van der Waals surface area contributed by atoms with Crippen LogP contribution < -0.4 is 4.74 Å². The van der Waals surface area contributed by atoms with E-state index in [0.29, 0.717) is 12.4 Å². The van der Waals surface area contributed by atoms with Crippen LogP contribution >= 0.6 is 0 Å². The van der Waals surface area contributed by atoms with E-state index < -0.39 is 23.3 Å². The number of ether oxygens (including phenoxy) is 1. The summed E-state index contributed by atoms with van der Waals surface area (Å²) in [4.78, 5) is 48.4. The molecule has 0 heterocycles. The second-order valence-corrected chi connectivity index (χ2v) is 5.27. The first-order valence-corrected chi connectivity index (χ1v) is 7.40. The standard InChI is InChI=1S/C18H13NO5/c1-2-24-11-8-6-10(7-9-11)16(20)15-17(21)12-4-3-5-13(19-23)14(12)18(15)22/h3-9,15H,2H2,1H3. The molecule has 1 atom stereocenters. The Balaban J connectivity index is 1.96. The molecule has 2 aromatic rings. The summed E-state index contributed by atoms with van der Waals surface area (Å²) in [5, 5.41) is 2.77. The van der Waals surface area contributed by atoms with E-state index in [1.165, 1.54) is 30.3 Å². The summed E-state index contributed by atoms with van der Waals surface area (Å²) in [6.07, 6.45) is 0. The molecule has 0 saturated heterocycles. The Kier molecular flexibility index (Phi) is 4.04. The molecule has 0 radical (unpaired) electrons. The number of ketones is 3. The van der Waals surface area contributed by atoms with Gasteiger partial charge in [-0.1, -0.05) is 12.1 Å². The summed E-state index contributed by atoms with van der Waals surface area (Å²) in [6.45, 7) is 2.33. The third-order valence-electron chi connectivity index (χ3n) is 3.89. The van der Waals surface area contributed by atoms with Gasteiger partial charge in [-0.2, -0.15) is 0 Å². The molecule has 6 heteroatoms. The fourth-order valence-electron chi connectivity index (χ4n) is 2.79. The van der Waals surface area contributed by atoms with E-state index in [1.807, 2.05) is 6.92 Å². The fourth-order valence-corrected chi connectivity index (χ4v) is 2.79. The van der Waals surface area contributed by atoms with E-state index in [9.17, 15) is 19.3 Å². The van der Waals surface area contributed by atoms with Crippen molar-refractivity contribution in [2.75, 3.05) is 6.61 Å². The SMILES string of the molecule is CCOc1ccc(C(=O)C2C(=O)c3cccc(N=O)c3C2=O)cc1. The number of carbonyl (C=O) groups excluding carboxylic acids is 3. The van der Waals surface area contributed by atoms with Crippen LogP contribution in [0.5, 0.6) is 5.75 Å². The molecule has 6 nitrogen and oxygen atoms in total. The molecular formula is C18H13NO5. The molecule has 0 aromatic heterocycles. The minimum absolute atomic E-state index is 0.0678. The molecule has 0 N–H and O–H groups in total. The van der Waals surface area contributed by atoms with Gasteiger partial charge in [-0.3, -0.25) is 14.4 Å². The first-order valence-electron chi connectivity index (χ1n) is 7.40. The molecule has 0 aliphatic heterocycles. The lowest BCUT2D eigenvalue weighted by atomic mass is 9.93. The molecule has 3 rings (SSSR count). The number of nitroso groups, excluding NO2 is 1. The molecule has 0 bridgehead atoms. The summed E-state index contributed by atoms with van der Waals surface area (Å²) in [6, 6.07) is 10.5. The minimum atomic E-state index is -1.46. The zero-order chi connectivity index (χ0) is 17.3. The van der Waals surface area contributed by atoms with Crippen LogP contribution in [-0.2, 0) is 0 Å². The predicted molar refractivity (Wildman–Crippen MR) is 86.0 cm³/mol. The molecule has 120 valence electrons. The van der Waals surface area contributed by atoms with Crippen LogP contribution in [0.4, 0.5) is 5.69 Å². The van der Waals surface area contributed by atoms with Crippen molar-refractivity contribution in [1.29, 1.82) is 0 Å². The van der Waals surface area contributed by atoms with Gasteiger partial charge in [0.2, 0.25) is 0 Å².